The summed E-state index contributed by atoms with van der Waals surface area (Å²) in [6.07, 6.45) is 6.28. The van der Waals surface area contributed by atoms with Gasteiger partial charge in [-0.3, -0.25) is 0 Å². The predicted octanol–water partition coefficient (Wildman–Crippen LogP) is 3.86. The Morgan fingerprint density at radius 3 is 2.96 bits per heavy atom. The average Bonchev–Trinajstić information content (AvgIpc) is 3.31. The van der Waals surface area contributed by atoms with Gasteiger partial charge in [0.1, 0.15) is 5.01 Å². The first-order valence-electron chi connectivity index (χ1n) is 8.97. The second-order valence-electron chi connectivity index (χ2n) is 6.39. The lowest BCUT2D eigenvalue weighted by Crippen LogP contribution is -2.43. The first kappa shape index (κ1) is 18.6. The molecule has 2 aromatic rings. The number of urea groups is 1. The number of rotatable bonds is 7. The Kier molecular flexibility index (Phi) is 6.80. The molecule has 3 rings (SSSR count). The van der Waals surface area contributed by atoms with E-state index in [0.29, 0.717) is 19.6 Å². The van der Waals surface area contributed by atoms with Crippen LogP contribution in [0.5, 0.6) is 0 Å². The van der Waals surface area contributed by atoms with Crippen molar-refractivity contribution in [3.8, 4) is 0 Å². The normalized spacial score (nSPS) is 16.9. The van der Waals surface area contributed by atoms with Gasteiger partial charge in [0.05, 0.1) is 12.6 Å². The molecule has 1 aromatic carbocycles. The zero-order chi connectivity index (χ0) is 18.2. The van der Waals surface area contributed by atoms with Crippen molar-refractivity contribution < 1.29 is 9.53 Å². The number of hydrogen-bond acceptors (Lipinski definition) is 4. The molecule has 1 aliphatic rings. The maximum Gasteiger partial charge on any atom is 0.318 e. The number of ether oxygens (including phenoxy) is 1. The number of nitrogens with one attached hydrogen (secondary N) is 1. The number of amides is 2. The highest BCUT2D eigenvalue weighted by Gasteiger charge is 2.22. The van der Waals surface area contributed by atoms with Crippen LogP contribution >= 0.6 is 11.3 Å². The fourth-order valence-corrected chi connectivity index (χ4v) is 3.61. The molecule has 5 nitrogen and oxygen atoms in total. The van der Waals surface area contributed by atoms with Crippen molar-refractivity contribution in [3.05, 3.63) is 58.1 Å². The minimum Gasteiger partial charge on any atom is -0.376 e. The molecule has 0 spiro atoms. The summed E-state index contributed by atoms with van der Waals surface area (Å²) in [6.45, 7) is 4.37. The van der Waals surface area contributed by atoms with E-state index in [4.69, 9.17) is 4.74 Å². The van der Waals surface area contributed by atoms with Crippen LogP contribution in [0.3, 0.4) is 0 Å². The van der Waals surface area contributed by atoms with Crippen LogP contribution in [0.4, 0.5) is 4.79 Å². The zero-order valence-corrected chi connectivity index (χ0v) is 15.9. The molecule has 0 aliphatic carbocycles. The second kappa shape index (κ2) is 9.50. The molecule has 138 valence electrons. The van der Waals surface area contributed by atoms with Crippen LogP contribution in [0, 0.1) is 6.92 Å². The number of aryl methyl sites for hydroxylation is 1. The molecule has 6 heteroatoms. The monoisotopic (exact) mass is 371 g/mol. The maximum atomic E-state index is 12.7. The van der Waals surface area contributed by atoms with Gasteiger partial charge in [0, 0.05) is 30.8 Å². The minimum atomic E-state index is -0.0777. The van der Waals surface area contributed by atoms with Crippen LogP contribution < -0.4 is 5.32 Å². The Morgan fingerprint density at radius 2 is 2.27 bits per heavy atom. The minimum absolute atomic E-state index is 0.0777. The Hall–Kier alpha value is -2.18. The van der Waals surface area contributed by atoms with Crippen LogP contribution in [0.2, 0.25) is 0 Å². The van der Waals surface area contributed by atoms with Crippen molar-refractivity contribution in [2.45, 2.75) is 32.4 Å². The lowest BCUT2D eigenvalue weighted by atomic mass is 10.2. The molecule has 1 N–H and O–H groups in total. The van der Waals surface area contributed by atoms with Gasteiger partial charge in [0.25, 0.3) is 0 Å². The fourth-order valence-electron chi connectivity index (χ4n) is 2.90. The van der Waals surface area contributed by atoms with Gasteiger partial charge in [-0.2, -0.15) is 0 Å². The van der Waals surface area contributed by atoms with Crippen LogP contribution in [0.15, 0.2) is 41.8 Å². The lowest BCUT2D eigenvalue weighted by Gasteiger charge is -2.24. The van der Waals surface area contributed by atoms with Gasteiger partial charge in [0.15, 0.2) is 0 Å². The summed E-state index contributed by atoms with van der Waals surface area (Å²) in [5, 5.41) is 5.90. The maximum absolute atomic E-state index is 12.7. The van der Waals surface area contributed by atoms with Gasteiger partial charge >= 0.3 is 6.03 Å². The molecule has 1 saturated heterocycles. The third-order valence-electron chi connectivity index (χ3n) is 4.23. The van der Waals surface area contributed by atoms with Gasteiger partial charge in [-0.05, 0) is 25.3 Å². The van der Waals surface area contributed by atoms with Gasteiger partial charge < -0.3 is 15.0 Å². The number of carbonyl (C=O) groups excluding carboxylic acids is 1. The van der Waals surface area contributed by atoms with Crippen LogP contribution in [0.1, 0.15) is 29.1 Å². The van der Waals surface area contributed by atoms with E-state index in [2.05, 4.69) is 10.3 Å². The van der Waals surface area contributed by atoms with Crippen molar-refractivity contribution in [1.29, 1.82) is 0 Å². The number of aromatic nitrogens is 1. The number of hydrogen-bond donors (Lipinski definition) is 1. The molecule has 0 saturated carbocycles. The second-order valence-corrected chi connectivity index (χ2v) is 7.34. The Morgan fingerprint density at radius 1 is 1.42 bits per heavy atom. The predicted molar refractivity (Wildman–Crippen MR) is 105 cm³/mol. The van der Waals surface area contributed by atoms with E-state index in [1.807, 2.05) is 59.7 Å². The summed E-state index contributed by atoms with van der Waals surface area (Å²) in [6, 6.07) is 10.0. The number of nitrogens with zero attached hydrogens (tertiary/aromatic N) is 2. The van der Waals surface area contributed by atoms with E-state index in [0.717, 1.165) is 35.7 Å². The molecule has 1 atom stereocenters. The number of benzene rings is 1. The van der Waals surface area contributed by atoms with Gasteiger partial charge in [-0.15, -0.1) is 11.3 Å². The summed E-state index contributed by atoms with van der Waals surface area (Å²) >= 11 is 1.57. The van der Waals surface area contributed by atoms with E-state index in [-0.39, 0.29) is 12.1 Å². The standard InChI is InChI=1S/C20H25N3O2S/c1-16-15-26-19(22-16)13-21-20(24)23(14-18-10-6-12-25-18)11-5-9-17-7-3-2-4-8-17/h2-5,7-9,15,18H,6,10-14H2,1H3,(H,21,24)/b9-5+. The third-order valence-corrected chi connectivity index (χ3v) is 5.19. The molecule has 2 amide bonds. The van der Waals surface area contributed by atoms with Crippen LogP contribution in [0.25, 0.3) is 6.08 Å². The SMILES string of the molecule is Cc1csc(CNC(=O)N(C/C=C/c2ccccc2)CC2CCCO2)n1. The molecule has 0 bridgehead atoms. The highest BCUT2D eigenvalue weighted by Crippen LogP contribution is 2.14. The molecule has 0 radical (unpaired) electrons. The van der Waals surface area contributed by atoms with Gasteiger partial charge in [-0.25, -0.2) is 9.78 Å². The van der Waals surface area contributed by atoms with E-state index in [9.17, 15) is 4.79 Å². The molecule has 1 fully saturated rings. The highest BCUT2D eigenvalue weighted by atomic mass is 32.1. The smallest absolute Gasteiger partial charge is 0.318 e. The van der Waals surface area contributed by atoms with Crippen molar-refractivity contribution in [2.75, 3.05) is 19.7 Å². The number of thiazole rings is 1. The zero-order valence-electron chi connectivity index (χ0n) is 15.1. The van der Waals surface area contributed by atoms with Crippen molar-refractivity contribution in [1.82, 2.24) is 15.2 Å². The topological polar surface area (TPSA) is 54.5 Å². The van der Waals surface area contributed by atoms with E-state index in [1.54, 1.807) is 11.3 Å². The summed E-state index contributed by atoms with van der Waals surface area (Å²) in [7, 11) is 0. The molecule has 1 unspecified atom stereocenters. The van der Waals surface area contributed by atoms with Crippen LogP contribution in [-0.2, 0) is 11.3 Å². The number of carbonyl (C=O) groups is 1. The fraction of sp³-hybridized carbons (Fsp3) is 0.400. The average molecular weight is 372 g/mol. The van der Waals surface area contributed by atoms with Crippen molar-refractivity contribution in [2.24, 2.45) is 0 Å². The quantitative estimate of drug-likeness (QED) is 0.804. The molecular weight excluding hydrogens is 346 g/mol. The van der Waals surface area contributed by atoms with Crippen LogP contribution in [-0.4, -0.2) is 41.7 Å². The van der Waals surface area contributed by atoms with Crippen molar-refractivity contribution >= 4 is 23.4 Å². The Balaban J connectivity index is 1.57. The third kappa shape index (κ3) is 5.68. The summed E-state index contributed by atoms with van der Waals surface area (Å²) in [4.78, 5) is 18.9. The molecular formula is C20H25N3O2S. The van der Waals surface area contributed by atoms with E-state index >= 15 is 0 Å². The molecule has 1 aliphatic heterocycles. The Bertz CT molecular complexity index is 724. The summed E-state index contributed by atoms with van der Waals surface area (Å²) < 4.78 is 5.71. The highest BCUT2D eigenvalue weighted by molar-refractivity contribution is 7.09. The van der Waals surface area contributed by atoms with Crippen molar-refractivity contribution in [3.63, 3.8) is 0 Å². The van der Waals surface area contributed by atoms with Gasteiger partial charge in [0.2, 0.25) is 0 Å². The van der Waals surface area contributed by atoms with Gasteiger partial charge in [-0.1, -0.05) is 42.5 Å². The first-order valence-corrected chi connectivity index (χ1v) is 9.85. The van der Waals surface area contributed by atoms with E-state index < -0.39 is 0 Å². The molecule has 2 heterocycles. The molecule has 26 heavy (non-hydrogen) atoms. The van der Waals surface area contributed by atoms with E-state index in [1.165, 1.54) is 0 Å². The Labute approximate surface area is 158 Å². The first-order chi connectivity index (χ1) is 12.7. The molecule has 1 aromatic heterocycles. The summed E-state index contributed by atoms with van der Waals surface area (Å²) in [5.41, 5.74) is 2.12. The summed E-state index contributed by atoms with van der Waals surface area (Å²) in [5.74, 6) is 0. The largest absolute Gasteiger partial charge is 0.376 e. The lowest BCUT2D eigenvalue weighted by molar-refractivity contribution is 0.0841.